The normalized spacial score (nSPS) is 33.9. The van der Waals surface area contributed by atoms with Crippen LogP contribution in [0.25, 0.3) is 0 Å². The van der Waals surface area contributed by atoms with Gasteiger partial charge in [-0.1, -0.05) is 6.92 Å². The summed E-state index contributed by atoms with van der Waals surface area (Å²) in [6.45, 7) is 2.24. The van der Waals surface area contributed by atoms with Gasteiger partial charge in [-0.05, 0) is 19.7 Å². The smallest absolute Gasteiger partial charge is 0.135 e. The summed E-state index contributed by atoms with van der Waals surface area (Å²) < 4.78 is 5.31. The lowest BCUT2D eigenvalue weighted by atomic mass is 10.2. The van der Waals surface area contributed by atoms with E-state index in [0.717, 1.165) is 5.25 Å². The van der Waals surface area contributed by atoms with E-state index in [0.29, 0.717) is 12.3 Å². The summed E-state index contributed by atoms with van der Waals surface area (Å²) in [6.07, 6.45) is 4.13. The predicted molar refractivity (Wildman–Crippen MR) is 45.3 cm³/mol. The molecule has 10 heavy (non-hydrogen) atoms. The molecule has 1 saturated heterocycles. The molecule has 1 aliphatic heterocycles. The Morgan fingerprint density at radius 3 is 2.80 bits per heavy atom. The van der Waals surface area contributed by atoms with Crippen molar-refractivity contribution in [2.24, 2.45) is 0 Å². The zero-order valence-corrected chi connectivity index (χ0v) is 7.57. The molecular weight excluding hydrogens is 146 g/mol. The zero-order valence-electron chi connectivity index (χ0n) is 6.76. The van der Waals surface area contributed by atoms with Gasteiger partial charge in [-0.25, -0.2) is 0 Å². The molecule has 3 unspecified atom stereocenters. The summed E-state index contributed by atoms with van der Waals surface area (Å²) in [4.78, 5) is 0. The second-order valence-electron chi connectivity index (χ2n) is 2.67. The van der Waals surface area contributed by atoms with Crippen LogP contribution >= 0.6 is 11.8 Å². The Hall–Kier alpha value is 0.270. The standard InChI is InChI=1S/C7H15NOS/c1-5(10-3)4-6-7(8-2)9-6/h5-8H,4H2,1-3H3. The van der Waals surface area contributed by atoms with Crippen LogP contribution < -0.4 is 5.32 Å². The number of nitrogens with one attached hydrogen (secondary N) is 1. The average Bonchev–Trinajstić information content (AvgIpc) is 2.67. The minimum Gasteiger partial charge on any atom is -0.353 e. The number of likely N-dealkylation sites (N-methyl/N-ethyl adjacent to an activating group) is 1. The number of ether oxygens (including phenoxy) is 1. The molecule has 1 N–H and O–H groups in total. The maximum absolute atomic E-state index is 5.31. The lowest BCUT2D eigenvalue weighted by molar-refractivity contribution is 0.348. The Labute approximate surface area is 66.7 Å². The molecule has 1 fully saturated rings. The first-order chi connectivity index (χ1) is 4.77. The first-order valence-corrected chi connectivity index (χ1v) is 4.92. The zero-order chi connectivity index (χ0) is 7.56. The van der Waals surface area contributed by atoms with Crippen molar-refractivity contribution in [3.8, 4) is 0 Å². The average molecular weight is 161 g/mol. The maximum atomic E-state index is 5.31. The molecule has 0 aromatic carbocycles. The maximum Gasteiger partial charge on any atom is 0.135 e. The van der Waals surface area contributed by atoms with Crippen molar-refractivity contribution < 1.29 is 4.74 Å². The van der Waals surface area contributed by atoms with E-state index in [1.54, 1.807) is 0 Å². The molecule has 0 aromatic heterocycles. The first-order valence-electron chi connectivity index (χ1n) is 3.63. The minimum atomic E-state index is 0.342. The Morgan fingerprint density at radius 1 is 1.70 bits per heavy atom. The van der Waals surface area contributed by atoms with Crippen LogP contribution in [0.1, 0.15) is 13.3 Å². The van der Waals surface area contributed by atoms with Gasteiger partial charge in [0.1, 0.15) is 12.3 Å². The highest BCUT2D eigenvalue weighted by Gasteiger charge is 2.37. The summed E-state index contributed by atoms with van der Waals surface area (Å²) in [6, 6.07) is 0. The molecule has 1 aliphatic rings. The third-order valence-corrected chi connectivity index (χ3v) is 2.83. The summed E-state index contributed by atoms with van der Waals surface area (Å²) in [5.74, 6) is 0. The summed E-state index contributed by atoms with van der Waals surface area (Å²) in [5, 5.41) is 3.81. The topological polar surface area (TPSA) is 24.6 Å². The van der Waals surface area contributed by atoms with Crippen LogP contribution in [-0.4, -0.2) is 30.9 Å². The van der Waals surface area contributed by atoms with E-state index in [4.69, 9.17) is 4.74 Å². The van der Waals surface area contributed by atoms with Crippen LogP contribution in [0.15, 0.2) is 0 Å². The highest BCUT2D eigenvalue weighted by molar-refractivity contribution is 7.99. The van der Waals surface area contributed by atoms with Gasteiger partial charge in [0, 0.05) is 5.25 Å². The van der Waals surface area contributed by atoms with Gasteiger partial charge in [0.2, 0.25) is 0 Å². The first kappa shape index (κ1) is 8.37. The largest absolute Gasteiger partial charge is 0.353 e. The molecule has 2 nitrogen and oxygen atoms in total. The summed E-state index contributed by atoms with van der Waals surface area (Å²) in [5.41, 5.74) is 0. The summed E-state index contributed by atoms with van der Waals surface area (Å²) >= 11 is 1.90. The number of rotatable bonds is 4. The minimum absolute atomic E-state index is 0.342. The van der Waals surface area contributed by atoms with Gasteiger partial charge in [0.25, 0.3) is 0 Å². The van der Waals surface area contributed by atoms with Gasteiger partial charge in [-0.15, -0.1) is 0 Å². The molecule has 3 heteroatoms. The molecule has 0 aliphatic carbocycles. The van der Waals surface area contributed by atoms with Gasteiger partial charge in [-0.3, -0.25) is 5.32 Å². The van der Waals surface area contributed by atoms with E-state index in [1.807, 2.05) is 18.8 Å². The molecular formula is C7H15NOS. The van der Waals surface area contributed by atoms with Crippen molar-refractivity contribution in [1.29, 1.82) is 0 Å². The predicted octanol–water partition coefficient (Wildman–Crippen LogP) is 1.07. The highest BCUT2D eigenvalue weighted by Crippen LogP contribution is 2.27. The van der Waals surface area contributed by atoms with Gasteiger partial charge in [0.05, 0.1) is 0 Å². The Morgan fingerprint density at radius 2 is 2.40 bits per heavy atom. The Balaban J connectivity index is 2.05. The van der Waals surface area contributed by atoms with Crippen LogP contribution in [-0.2, 0) is 4.74 Å². The van der Waals surface area contributed by atoms with Crippen LogP contribution in [0.4, 0.5) is 0 Å². The van der Waals surface area contributed by atoms with Crippen molar-refractivity contribution in [1.82, 2.24) is 5.32 Å². The molecule has 0 radical (unpaired) electrons. The fourth-order valence-corrected chi connectivity index (χ4v) is 1.38. The molecule has 0 spiro atoms. The Bertz CT molecular complexity index is 110. The summed E-state index contributed by atoms with van der Waals surface area (Å²) in [7, 11) is 1.94. The van der Waals surface area contributed by atoms with E-state index in [2.05, 4.69) is 18.5 Å². The highest BCUT2D eigenvalue weighted by atomic mass is 32.2. The van der Waals surface area contributed by atoms with Gasteiger partial charge in [-0.2, -0.15) is 11.8 Å². The Kier molecular flexibility index (Phi) is 3.01. The van der Waals surface area contributed by atoms with Crippen molar-refractivity contribution >= 4 is 11.8 Å². The van der Waals surface area contributed by atoms with Crippen molar-refractivity contribution in [2.75, 3.05) is 13.3 Å². The molecule has 0 aromatic rings. The second-order valence-corrected chi connectivity index (χ2v) is 3.94. The van der Waals surface area contributed by atoms with Gasteiger partial charge in [0.15, 0.2) is 0 Å². The number of thioether (sulfide) groups is 1. The van der Waals surface area contributed by atoms with Crippen LogP contribution in [0.3, 0.4) is 0 Å². The third kappa shape index (κ3) is 2.15. The van der Waals surface area contributed by atoms with Crippen LogP contribution in [0.5, 0.6) is 0 Å². The van der Waals surface area contributed by atoms with Crippen molar-refractivity contribution in [3.05, 3.63) is 0 Å². The van der Waals surface area contributed by atoms with Crippen molar-refractivity contribution in [2.45, 2.75) is 30.9 Å². The van der Waals surface area contributed by atoms with E-state index in [-0.39, 0.29) is 0 Å². The lowest BCUT2D eigenvalue weighted by Crippen LogP contribution is -2.14. The monoisotopic (exact) mass is 161 g/mol. The second kappa shape index (κ2) is 3.60. The van der Waals surface area contributed by atoms with Crippen molar-refractivity contribution in [3.63, 3.8) is 0 Å². The SMILES string of the molecule is CNC1OC1CC(C)SC. The molecule has 0 saturated carbocycles. The van der Waals surface area contributed by atoms with E-state index in [1.165, 1.54) is 6.42 Å². The number of hydrogen-bond acceptors (Lipinski definition) is 3. The van der Waals surface area contributed by atoms with Gasteiger partial charge < -0.3 is 4.74 Å². The van der Waals surface area contributed by atoms with E-state index < -0.39 is 0 Å². The molecule has 0 bridgehead atoms. The number of hydrogen-bond donors (Lipinski definition) is 1. The number of epoxide rings is 1. The third-order valence-electron chi connectivity index (χ3n) is 1.83. The molecule has 1 heterocycles. The fraction of sp³-hybridized carbons (Fsp3) is 1.00. The van der Waals surface area contributed by atoms with E-state index >= 15 is 0 Å². The molecule has 0 amide bonds. The molecule has 60 valence electrons. The fourth-order valence-electron chi connectivity index (χ4n) is 0.999. The van der Waals surface area contributed by atoms with E-state index in [9.17, 15) is 0 Å². The van der Waals surface area contributed by atoms with Gasteiger partial charge >= 0.3 is 0 Å². The quantitative estimate of drug-likeness (QED) is 0.624. The molecule has 1 rings (SSSR count). The molecule has 3 atom stereocenters. The lowest BCUT2D eigenvalue weighted by Gasteiger charge is -2.03. The van der Waals surface area contributed by atoms with Crippen LogP contribution in [0, 0.1) is 0 Å². The van der Waals surface area contributed by atoms with Crippen LogP contribution in [0.2, 0.25) is 0 Å².